The molecule has 2 rings (SSSR count). The van der Waals surface area contributed by atoms with Crippen LogP contribution in [0.5, 0.6) is 0 Å². The average Bonchev–Trinajstić information content (AvgIpc) is 2.93. The van der Waals surface area contributed by atoms with Crippen LogP contribution in [0.1, 0.15) is 20.7 Å². The maximum atomic E-state index is 13.4. The van der Waals surface area contributed by atoms with Gasteiger partial charge in [0.1, 0.15) is 10.8 Å². The normalized spacial score (nSPS) is 10.0. The molecular weight excluding hydrogens is 311 g/mol. The lowest BCUT2D eigenvalue weighted by atomic mass is 10.2. The summed E-state index contributed by atoms with van der Waals surface area (Å²) in [6, 6.07) is 6.74. The molecule has 0 spiro atoms. The molecule has 0 unspecified atom stereocenters. The van der Waals surface area contributed by atoms with E-state index in [-0.39, 0.29) is 16.1 Å². The Hall–Kier alpha value is -2.74. The molecule has 0 bridgehead atoms. The molecule has 0 aliphatic carbocycles. The standard InChI is InChI=1S/C14H11FN2O4S/c15-10-4-2-1-3-8(10)14(20)21-7-11(18)17-13-9(12(16)19)5-6-22-13/h1-6H,7H2,(H2,16,19)(H,17,18). The van der Waals surface area contributed by atoms with Gasteiger partial charge in [-0.25, -0.2) is 9.18 Å². The average molecular weight is 322 g/mol. The molecule has 114 valence electrons. The molecule has 1 aromatic heterocycles. The van der Waals surface area contributed by atoms with E-state index in [1.807, 2.05) is 0 Å². The van der Waals surface area contributed by atoms with Gasteiger partial charge in [0.25, 0.3) is 11.8 Å². The molecular formula is C14H11FN2O4S. The summed E-state index contributed by atoms with van der Waals surface area (Å²) in [5.74, 6) is -3.02. The Morgan fingerprint density at radius 1 is 1.18 bits per heavy atom. The van der Waals surface area contributed by atoms with Crippen LogP contribution < -0.4 is 11.1 Å². The lowest BCUT2D eigenvalue weighted by molar-refractivity contribution is -0.119. The fourth-order valence-corrected chi connectivity index (χ4v) is 2.41. The van der Waals surface area contributed by atoms with Crippen molar-refractivity contribution in [2.75, 3.05) is 11.9 Å². The summed E-state index contributed by atoms with van der Waals surface area (Å²) in [6.45, 7) is -0.608. The quantitative estimate of drug-likeness (QED) is 0.820. The number of nitrogens with one attached hydrogen (secondary N) is 1. The number of amides is 2. The van der Waals surface area contributed by atoms with E-state index in [9.17, 15) is 18.8 Å². The highest BCUT2D eigenvalue weighted by molar-refractivity contribution is 7.14. The highest BCUT2D eigenvalue weighted by Crippen LogP contribution is 2.22. The van der Waals surface area contributed by atoms with Crippen LogP contribution in [-0.4, -0.2) is 24.4 Å². The number of rotatable bonds is 5. The molecule has 8 heteroatoms. The van der Waals surface area contributed by atoms with Crippen LogP contribution in [-0.2, 0) is 9.53 Å². The van der Waals surface area contributed by atoms with Crippen LogP contribution in [0, 0.1) is 5.82 Å². The Balaban J connectivity index is 1.93. The Labute approximate surface area is 128 Å². The maximum Gasteiger partial charge on any atom is 0.341 e. The molecule has 1 aromatic carbocycles. The van der Waals surface area contributed by atoms with Gasteiger partial charge in [0, 0.05) is 0 Å². The molecule has 0 aliphatic heterocycles. The summed E-state index contributed by atoms with van der Waals surface area (Å²) in [7, 11) is 0. The number of halogens is 1. The Morgan fingerprint density at radius 3 is 2.59 bits per heavy atom. The van der Waals surface area contributed by atoms with E-state index in [4.69, 9.17) is 10.5 Å². The van der Waals surface area contributed by atoms with Crippen LogP contribution in [0.4, 0.5) is 9.39 Å². The molecule has 2 amide bonds. The van der Waals surface area contributed by atoms with E-state index in [0.717, 1.165) is 17.4 Å². The largest absolute Gasteiger partial charge is 0.452 e. The molecule has 0 aliphatic rings. The van der Waals surface area contributed by atoms with Gasteiger partial charge >= 0.3 is 5.97 Å². The van der Waals surface area contributed by atoms with Gasteiger partial charge in [-0.3, -0.25) is 9.59 Å². The topological polar surface area (TPSA) is 98.5 Å². The van der Waals surface area contributed by atoms with E-state index >= 15 is 0 Å². The summed E-state index contributed by atoms with van der Waals surface area (Å²) in [6.07, 6.45) is 0. The first kappa shape index (κ1) is 15.6. The van der Waals surface area contributed by atoms with Gasteiger partial charge in [0.15, 0.2) is 6.61 Å². The number of anilines is 1. The number of thiophene rings is 1. The highest BCUT2D eigenvalue weighted by Gasteiger charge is 2.16. The smallest absolute Gasteiger partial charge is 0.341 e. The van der Waals surface area contributed by atoms with E-state index < -0.39 is 30.2 Å². The van der Waals surface area contributed by atoms with Crippen molar-refractivity contribution < 1.29 is 23.5 Å². The minimum Gasteiger partial charge on any atom is -0.452 e. The molecule has 0 saturated carbocycles. The van der Waals surface area contributed by atoms with Gasteiger partial charge in [-0.05, 0) is 23.6 Å². The van der Waals surface area contributed by atoms with Crippen molar-refractivity contribution in [1.82, 2.24) is 0 Å². The minimum atomic E-state index is -0.949. The zero-order chi connectivity index (χ0) is 16.1. The molecule has 22 heavy (non-hydrogen) atoms. The summed E-state index contributed by atoms with van der Waals surface area (Å²) in [4.78, 5) is 34.4. The molecule has 3 N–H and O–H groups in total. The van der Waals surface area contributed by atoms with Crippen LogP contribution in [0.2, 0.25) is 0 Å². The zero-order valence-corrected chi connectivity index (χ0v) is 12.0. The van der Waals surface area contributed by atoms with E-state index in [1.165, 1.54) is 24.3 Å². The number of ether oxygens (including phenoxy) is 1. The van der Waals surface area contributed by atoms with Crippen LogP contribution in [0.15, 0.2) is 35.7 Å². The van der Waals surface area contributed by atoms with Crippen LogP contribution in [0.25, 0.3) is 0 Å². The van der Waals surface area contributed by atoms with Crippen LogP contribution >= 0.6 is 11.3 Å². The number of esters is 1. The van der Waals surface area contributed by atoms with Gasteiger partial charge in [-0.15, -0.1) is 11.3 Å². The molecule has 2 aromatic rings. The molecule has 6 nitrogen and oxygen atoms in total. The van der Waals surface area contributed by atoms with Crippen molar-refractivity contribution in [2.45, 2.75) is 0 Å². The van der Waals surface area contributed by atoms with Crippen molar-refractivity contribution in [3.8, 4) is 0 Å². The van der Waals surface area contributed by atoms with Gasteiger partial charge in [-0.1, -0.05) is 12.1 Å². The number of primary amides is 1. The van der Waals surface area contributed by atoms with Crippen molar-refractivity contribution in [1.29, 1.82) is 0 Å². The fraction of sp³-hybridized carbons (Fsp3) is 0.0714. The Bertz CT molecular complexity index is 729. The third-order valence-electron chi connectivity index (χ3n) is 2.61. The van der Waals surface area contributed by atoms with Crippen molar-refractivity contribution in [3.05, 3.63) is 52.7 Å². The number of nitrogens with two attached hydrogens (primary N) is 1. The van der Waals surface area contributed by atoms with Gasteiger partial charge in [0.2, 0.25) is 0 Å². The number of hydrogen-bond acceptors (Lipinski definition) is 5. The van der Waals surface area contributed by atoms with Crippen molar-refractivity contribution >= 4 is 34.1 Å². The molecule has 1 heterocycles. The second kappa shape index (κ2) is 6.81. The molecule has 0 fully saturated rings. The second-order valence-electron chi connectivity index (χ2n) is 4.13. The summed E-state index contributed by atoms with van der Waals surface area (Å²) in [5.41, 5.74) is 5.04. The second-order valence-corrected chi connectivity index (χ2v) is 5.05. The predicted molar refractivity (Wildman–Crippen MR) is 78.1 cm³/mol. The molecule has 0 saturated heterocycles. The lowest BCUT2D eigenvalue weighted by Gasteiger charge is -2.06. The highest BCUT2D eigenvalue weighted by atomic mass is 32.1. The first-order valence-corrected chi connectivity index (χ1v) is 6.96. The third kappa shape index (κ3) is 3.67. The summed E-state index contributed by atoms with van der Waals surface area (Å²) < 4.78 is 18.1. The first-order chi connectivity index (χ1) is 10.5. The fourth-order valence-electron chi connectivity index (χ4n) is 1.60. The Morgan fingerprint density at radius 2 is 1.91 bits per heavy atom. The van der Waals surface area contributed by atoms with Crippen LogP contribution in [0.3, 0.4) is 0 Å². The van der Waals surface area contributed by atoms with E-state index in [0.29, 0.717) is 0 Å². The Kier molecular flexibility index (Phi) is 4.84. The zero-order valence-electron chi connectivity index (χ0n) is 11.2. The van der Waals surface area contributed by atoms with Gasteiger partial charge in [-0.2, -0.15) is 0 Å². The van der Waals surface area contributed by atoms with Gasteiger partial charge < -0.3 is 15.8 Å². The molecule has 0 radical (unpaired) electrons. The SMILES string of the molecule is NC(=O)c1ccsc1NC(=O)COC(=O)c1ccccc1F. The minimum absolute atomic E-state index is 0.166. The molecule has 0 atom stereocenters. The third-order valence-corrected chi connectivity index (χ3v) is 3.44. The maximum absolute atomic E-state index is 13.4. The number of benzene rings is 1. The first-order valence-electron chi connectivity index (χ1n) is 6.08. The monoisotopic (exact) mass is 322 g/mol. The lowest BCUT2D eigenvalue weighted by Crippen LogP contribution is -2.22. The number of carbonyl (C=O) groups is 3. The van der Waals surface area contributed by atoms with E-state index in [2.05, 4.69) is 5.32 Å². The summed E-state index contributed by atoms with van der Waals surface area (Å²) in [5, 5.41) is 4.25. The van der Waals surface area contributed by atoms with E-state index in [1.54, 1.807) is 5.38 Å². The van der Waals surface area contributed by atoms with Crippen molar-refractivity contribution in [3.63, 3.8) is 0 Å². The summed E-state index contributed by atoms with van der Waals surface area (Å²) >= 11 is 1.11. The van der Waals surface area contributed by atoms with Gasteiger partial charge in [0.05, 0.1) is 11.1 Å². The number of carbonyl (C=O) groups excluding carboxylic acids is 3. The van der Waals surface area contributed by atoms with Crippen molar-refractivity contribution in [2.24, 2.45) is 5.73 Å². The number of hydrogen-bond donors (Lipinski definition) is 2. The predicted octanol–water partition coefficient (Wildman–Crippen LogP) is 1.78.